The monoisotopic (exact) mass is 412 g/mol. The van der Waals surface area contributed by atoms with Crippen LogP contribution in [0.2, 0.25) is 0 Å². The van der Waals surface area contributed by atoms with E-state index in [0.29, 0.717) is 0 Å². The molecule has 0 aliphatic carbocycles. The van der Waals surface area contributed by atoms with Crippen LogP contribution in [-0.2, 0) is 0 Å². The average molecular weight is 415 g/mol. The van der Waals surface area contributed by atoms with E-state index >= 15 is 0 Å². The molecule has 0 bridgehead atoms. The molecule has 0 saturated heterocycles. The molecule has 0 spiro atoms. The first-order valence-electron chi connectivity index (χ1n) is 6.15. The number of nitrogens with zero attached hydrogens (tertiary/aromatic N) is 2. The molecular weight excluding hydrogens is 403 g/mol. The van der Waals surface area contributed by atoms with Gasteiger partial charge in [-0.2, -0.15) is 0 Å². The number of imidazole rings is 1. The van der Waals surface area contributed by atoms with Crippen LogP contribution in [0, 0.1) is 0 Å². The first-order chi connectivity index (χ1) is 9.58. The van der Waals surface area contributed by atoms with E-state index in [1.807, 2.05) is 37.3 Å². The van der Waals surface area contributed by atoms with E-state index in [2.05, 4.69) is 53.5 Å². The smallest absolute Gasteiger partial charge is 0.132 e. The standard InChI is InChI=1S/C15H11Br2ClN2/c1-9(18)15-19-12-7-6-10(16)8-14(12)20(15)13-5-3-2-4-11(13)17/h2-9H,1H3. The van der Waals surface area contributed by atoms with Crippen LogP contribution in [0.1, 0.15) is 18.1 Å². The average Bonchev–Trinajstić information content (AvgIpc) is 2.78. The van der Waals surface area contributed by atoms with Gasteiger partial charge in [0, 0.05) is 8.95 Å². The third-order valence-corrected chi connectivity index (χ3v) is 4.45. The lowest BCUT2D eigenvalue weighted by molar-refractivity contribution is 0.880. The van der Waals surface area contributed by atoms with Gasteiger partial charge < -0.3 is 0 Å². The lowest BCUT2D eigenvalue weighted by Gasteiger charge is -2.12. The Balaban J connectivity index is 2.40. The number of halogens is 3. The summed E-state index contributed by atoms with van der Waals surface area (Å²) in [6.45, 7) is 1.94. The highest BCUT2D eigenvalue weighted by Crippen LogP contribution is 2.32. The number of alkyl halides is 1. The van der Waals surface area contributed by atoms with Crippen LogP contribution < -0.4 is 0 Å². The van der Waals surface area contributed by atoms with Crippen molar-refractivity contribution in [3.8, 4) is 5.69 Å². The Bertz CT molecular complexity index is 781. The summed E-state index contributed by atoms with van der Waals surface area (Å²) in [5.41, 5.74) is 3.01. The Morgan fingerprint density at radius 3 is 2.60 bits per heavy atom. The summed E-state index contributed by atoms with van der Waals surface area (Å²) < 4.78 is 4.13. The van der Waals surface area contributed by atoms with Gasteiger partial charge >= 0.3 is 0 Å². The minimum atomic E-state index is -0.173. The Morgan fingerprint density at radius 1 is 1.15 bits per heavy atom. The topological polar surface area (TPSA) is 17.8 Å². The molecule has 0 fully saturated rings. The molecule has 0 amide bonds. The first-order valence-corrected chi connectivity index (χ1v) is 8.17. The predicted octanol–water partition coefficient (Wildman–Crippen LogP) is 5.85. The summed E-state index contributed by atoms with van der Waals surface area (Å²) >= 11 is 13.4. The van der Waals surface area contributed by atoms with E-state index in [1.54, 1.807) is 0 Å². The second kappa shape index (κ2) is 5.51. The summed E-state index contributed by atoms with van der Waals surface area (Å²) in [7, 11) is 0. The van der Waals surface area contributed by atoms with Gasteiger partial charge in [-0.05, 0) is 53.2 Å². The quantitative estimate of drug-likeness (QED) is 0.481. The fourth-order valence-electron chi connectivity index (χ4n) is 2.22. The zero-order chi connectivity index (χ0) is 14.3. The van der Waals surface area contributed by atoms with Gasteiger partial charge in [0.2, 0.25) is 0 Å². The molecule has 0 N–H and O–H groups in total. The maximum atomic E-state index is 6.31. The van der Waals surface area contributed by atoms with Crippen LogP contribution in [0.3, 0.4) is 0 Å². The summed E-state index contributed by atoms with van der Waals surface area (Å²) in [5.74, 6) is 0.840. The maximum absolute atomic E-state index is 6.31. The van der Waals surface area contributed by atoms with Gasteiger partial charge in [0.15, 0.2) is 0 Å². The molecule has 2 aromatic carbocycles. The molecule has 1 unspecified atom stereocenters. The molecule has 102 valence electrons. The normalized spacial score (nSPS) is 12.8. The summed E-state index contributed by atoms with van der Waals surface area (Å²) in [4.78, 5) is 4.66. The zero-order valence-corrected chi connectivity index (χ0v) is 14.6. The Morgan fingerprint density at radius 2 is 1.90 bits per heavy atom. The van der Waals surface area contributed by atoms with Crippen molar-refractivity contribution in [3.05, 3.63) is 57.2 Å². The molecule has 0 aliphatic heterocycles. The number of fused-ring (bicyclic) bond motifs is 1. The van der Waals surface area contributed by atoms with E-state index in [-0.39, 0.29) is 5.38 Å². The second-order valence-corrected chi connectivity index (χ2v) is 6.93. The van der Waals surface area contributed by atoms with E-state index in [1.165, 1.54) is 0 Å². The highest BCUT2D eigenvalue weighted by atomic mass is 79.9. The van der Waals surface area contributed by atoms with Crippen molar-refractivity contribution < 1.29 is 0 Å². The van der Waals surface area contributed by atoms with Crippen LogP contribution in [0.15, 0.2) is 51.4 Å². The number of para-hydroxylation sites is 1. The first kappa shape index (κ1) is 14.1. The number of benzene rings is 2. The van der Waals surface area contributed by atoms with Gasteiger partial charge in [0.1, 0.15) is 5.82 Å². The maximum Gasteiger partial charge on any atom is 0.132 e. The minimum Gasteiger partial charge on any atom is -0.294 e. The summed E-state index contributed by atoms with van der Waals surface area (Å²) in [6.07, 6.45) is 0. The van der Waals surface area contributed by atoms with E-state index in [9.17, 15) is 0 Å². The van der Waals surface area contributed by atoms with Crippen molar-refractivity contribution >= 4 is 54.5 Å². The van der Waals surface area contributed by atoms with Gasteiger partial charge in [0.25, 0.3) is 0 Å². The number of aromatic nitrogens is 2. The summed E-state index contributed by atoms with van der Waals surface area (Å²) in [5, 5.41) is -0.173. The Kier molecular flexibility index (Phi) is 3.89. The van der Waals surface area contributed by atoms with Crippen molar-refractivity contribution in [2.45, 2.75) is 12.3 Å². The van der Waals surface area contributed by atoms with Gasteiger partial charge in [-0.1, -0.05) is 28.1 Å². The molecule has 2 nitrogen and oxygen atoms in total. The lowest BCUT2D eigenvalue weighted by atomic mass is 10.2. The Labute approximate surface area is 139 Å². The third-order valence-electron chi connectivity index (χ3n) is 3.09. The second-order valence-electron chi connectivity index (χ2n) is 4.51. The molecule has 5 heteroatoms. The zero-order valence-electron chi connectivity index (χ0n) is 10.6. The van der Waals surface area contributed by atoms with Gasteiger partial charge in [0.05, 0.1) is 22.1 Å². The molecule has 1 heterocycles. The Hall–Kier alpha value is -0.840. The van der Waals surface area contributed by atoms with Crippen molar-refractivity contribution in [3.63, 3.8) is 0 Å². The predicted molar refractivity (Wildman–Crippen MR) is 90.7 cm³/mol. The highest BCUT2D eigenvalue weighted by molar-refractivity contribution is 9.10. The molecule has 20 heavy (non-hydrogen) atoms. The van der Waals surface area contributed by atoms with E-state index < -0.39 is 0 Å². The van der Waals surface area contributed by atoms with Crippen molar-refractivity contribution in [1.82, 2.24) is 9.55 Å². The molecule has 3 aromatic rings. The van der Waals surface area contributed by atoms with Crippen LogP contribution in [0.5, 0.6) is 0 Å². The number of hydrogen-bond donors (Lipinski definition) is 0. The fourth-order valence-corrected chi connectivity index (χ4v) is 3.18. The number of hydrogen-bond acceptors (Lipinski definition) is 1. The lowest BCUT2D eigenvalue weighted by Crippen LogP contribution is -2.02. The molecule has 0 aliphatic rings. The van der Waals surface area contributed by atoms with Gasteiger partial charge in [-0.25, -0.2) is 4.98 Å². The molecule has 1 aromatic heterocycles. The molecule has 3 rings (SSSR count). The third kappa shape index (κ3) is 2.41. The van der Waals surface area contributed by atoms with Crippen molar-refractivity contribution in [2.24, 2.45) is 0 Å². The van der Waals surface area contributed by atoms with Gasteiger partial charge in [-0.3, -0.25) is 4.57 Å². The van der Waals surface area contributed by atoms with E-state index in [0.717, 1.165) is 31.5 Å². The van der Waals surface area contributed by atoms with Crippen LogP contribution in [-0.4, -0.2) is 9.55 Å². The van der Waals surface area contributed by atoms with Gasteiger partial charge in [-0.15, -0.1) is 11.6 Å². The van der Waals surface area contributed by atoms with Crippen molar-refractivity contribution in [1.29, 1.82) is 0 Å². The largest absolute Gasteiger partial charge is 0.294 e. The van der Waals surface area contributed by atoms with Crippen molar-refractivity contribution in [2.75, 3.05) is 0 Å². The van der Waals surface area contributed by atoms with Crippen LogP contribution in [0.25, 0.3) is 16.7 Å². The molecular formula is C15H11Br2ClN2. The molecule has 1 atom stereocenters. The SMILES string of the molecule is CC(Cl)c1nc2ccc(Br)cc2n1-c1ccccc1Br. The van der Waals surface area contributed by atoms with E-state index in [4.69, 9.17) is 11.6 Å². The fraction of sp³-hybridized carbons (Fsp3) is 0.133. The summed E-state index contributed by atoms with van der Waals surface area (Å²) in [6, 6.07) is 14.1. The van der Waals surface area contributed by atoms with Crippen LogP contribution >= 0.6 is 43.5 Å². The number of rotatable bonds is 2. The minimum absolute atomic E-state index is 0.173. The van der Waals surface area contributed by atoms with Crippen LogP contribution in [0.4, 0.5) is 0 Å². The highest BCUT2D eigenvalue weighted by Gasteiger charge is 2.17. The molecule has 0 radical (unpaired) electrons. The molecule has 0 saturated carbocycles.